The highest BCUT2D eigenvalue weighted by Gasteiger charge is 2.29. The Labute approximate surface area is 102 Å². The summed E-state index contributed by atoms with van der Waals surface area (Å²) in [6.07, 6.45) is 2.40. The molecule has 0 spiro atoms. The van der Waals surface area contributed by atoms with Gasteiger partial charge in [-0.3, -0.25) is 0 Å². The van der Waals surface area contributed by atoms with E-state index in [1.165, 1.54) is 24.0 Å². The number of nitrogens with zero attached hydrogens (tertiary/aromatic N) is 1. The predicted octanol–water partition coefficient (Wildman–Crippen LogP) is 1.91. The fraction of sp³-hybridized carbons (Fsp3) is 0.462. The minimum absolute atomic E-state index is 0.458. The maximum absolute atomic E-state index is 5.46. The van der Waals surface area contributed by atoms with Crippen LogP contribution in [-0.4, -0.2) is 29.5 Å². The van der Waals surface area contributed by atoms with Crippen LogP contribution in [-0.2, 0) is 6.42 Å². The number of thiocarbonyl (C=S) groups is 1. The van der Waals surface area contributed by atoms with Crippen LogP contribution in [0.1, 0.15) is 23.6 Å². The molecule has 2 aliphatic rings. The first-order valence-corrected chi connectivity index (χ1v) is 6.35. The SMILES string of the molecule is S=C1CNC[C@@H]2c3ccccc3CCCN12. The molecule has 2 nitrogen and oxygen atoms in total. The summed E-state index contributed by atoms with van der Waals surface area (Å²) >= 11 is 5.46. The lowest BCUT2D eigenvalue weighted by Gasteiger charge is -2.37. The second-order valence-electron chi connectivity index (χ2n) is 4.54. The van der Waals surface area contributed by atoms with Crippen LogP contribution in [0.5, 0.6) is 0 Å². The molecule has 1 atom stereocenters. The second kappa shape index (κ2) is 4.15. The summed E-state index contributed by atoms with van der Waals surface area (Å²) in [7, 11) is 0. The van der Waals surface area contributed by atoms with Gasteiger partial charge in [0.2, 0.25) is 0 Å². The second-order valence-corrected chi connectivity index (χ2v) is 5.01. The van der Waals surface area contributed by atoms with Crippen molar-refractivity contribution in [3.63, 3.8) is 0 Å². The highest BCUT2D eigenvalue weighted by atomic mass is 32.1. The average molecular weight is 232 g/mol. The minimum Gasteiger partial charge on any atom is -0.357 e. The molecule has 1 saturated heterocycles. The van der Waals surface area contributed by atoms with Crippen molar-refractivity contribution in [2.75, 3.05) is 19.6 Å². The fourth-order valence-electron chi connectivity index (χ4n) is 2.79. The van der Waals surface area contributed by atoms with Crippen molar-refractivity contribution in [2.24, 2.45) is 0 Å². The molecule has 1 fully saturated rings. The number of rotatable bonds is 0. The summed E-state index contributed by atoms with van der Waals surface area (Å²) in [6.45, 7) is 3.00. The Hall–Kier alpha value is -0.930. The van der Waals surface area contributed by atoms with Crippen molar-refractivity contribution < 1.29 is 0 Å². The van der Waals surface area contributed by atoms with Gasteiger partial charge in [0.05, 0.1) is 11.0 Å². The van der Waals surface area contributed by atoms with Crippen molar-refractivity contribution in [3.05, 3.63) is 35.4 Å². The van der Waals surface area contributed by atoms with Crippen molar-refractivity contribution in [3.8, 4) is 0 Å². The molecular formula is C13H16N2S. The van der Waals surface area contributed by atoms with Crippen LogP contribution in [0.3, 0.4) is 0 Å². The van der Waals surface area contributed by atoms with Crippen molar-refractivity contribution >= 4 is 17.2 Å². The van der Waals surface area contributed by atoms with Crippen LogP contribution in [0.4, 0.5) is 0 Å². The Balaban J connectivity index is 2.03. The van der Waals surface area contributed by atoms with E-state index >= 15 is 0 Å². The fourth-order valence-corrected chi connectivity index (χ4v) is 3.11. The zero-order chi connectivity index (χ0) is 11.0. The molecule has 0 bridgehead atoms. The van der Waals surface area contributed by atoms with Gasteiger partial charge in [-0.2, -0.15) is 0 Å². The van der Waals surface area contributed by atoms with Gasteiger partial charge >= 0.3 is 0 Å². The molecule has 0 unspecified atom stereocenters. The van der Waals surface area contributed by atoms with E-state index in [2.05, 4.69) is 34.5 Å². The normalized spacial score (nSPS) is 24.6. The van der Waals surface area contributed by atoms with E-state index < -0.39 is 0 Å². The maximum Gasteiger partial charge on any atom is 0.0925 e. The van der Waals surface area contributed by atoms with Gasteiger partial charge in [-0.15, -0.1) is 0 Å². The number of hydrogen-bond donors (Lipinski definition) is 1. The average Bonchev–Trinajstić information content (AvgIpc) is 2.50. The lowest BCUT2D eigenvalue weighted by molar-refractivity contribution is 0.291. The van der Waals surface area contributed by atoms with Gasteiger partial charge in [0.1, 0.15) is 0 Å². The van der Waals surface area contributed by atoms with E-state index in [-0.39, 0.29) is 0 Å². The van der Waals surface area contributed by atoms with Crippen LogP contribution in [0.2, 0.25) is 0 Å². The summed E-state index contributed by atoms with van der Waals surface area (Å²) in [4.78, 5) is 3.49. The van der Waals surface area contributed by atoms with Crippen molar-refractivity contribution in [2.45, 2.75) is 18.9 Å². The van der Waals surface area contributed by atoms with Gasteiger partial charge in [0.25, 0.3) is 0 Å². The zero-order valence-corrected chi connectivity index (χ0v) is 10.1. The number of piperazine rings is 1. The highest BCUT2D eigenvalue weighted by Crippen LogP contribution is 2.30. The van der Waals surface area contributed by atoms with Crippen LogP contribution < -0.4 is 5.32 Å². The van der Waals surface area contributed by atoms with E-state index in [1.54, 1.807) is 0 Å². The number of fused-ring (bicyclic) bond motifs is 3. The first-order chi connectivity index (χ1) is 7.86. The Morgan fingerprint density at radius 1 is 1.31 bits per heavy atom. The molecule has 2 heterocycles. The van der Waals surface area contributed by atoms with Crippen LogP contribution in [0.25, 0.3) is 0 Å². The lowest BCUT2D eigenvalue weighted by atomic mass is 9.97. The molecule has 0 aliphatic carbocycles. The summed E-state index contributed by atoms with van der Waals surface area (Å²) in [6, 6.07) is 9.26. The summed E-state index contributed by atoms with van der Waals surface area (Å²) in [5, 5.41) is 3.42. The molecule has 16 heavy (non-hydrogen) atoms. The van der Waals surface area contributed by atoms with E-state index in [0.717, 1.165) is 24.6 Å². The number of aryl methyl sites for hydroxylation is 1. The molecule has 1 aromatic carbocycles. The third kappa shape index (κ3) is 1.64. The van der Waals surface area contributed by atoms with Gasteiger partial charge in [-0.1, -0.05) is 36.5 Å². The summed E-state index contributed by atoms with van der Waals surface area (Å²) in [5.74, 6) is 0. The maximum atomic E-state index is 5.46. The lowest BCUT2D eigenvalue weighted by Crippen LogP contribution is -2.49. The summed E-state index contributed by atoms with van der Waals surface area (Å²) in [5.41, 5.74) is 2.97. The number of benzene rings is 1. The molecule has 0 radical (unpaired) electrons. The molecule has 0 amide bonds. The van der Waals surface area contributed by atoms with E-state index in [0.29, 0.717) is 6.04 Å². The Kier molecular flexibility index (Phi) is 2.65. The van der Waals surface area contributed by atoms with Gasteiger partial charge in [0, 0.05) is 19.6 Å². The Morgan fingerprint density at radius 2 is 2.19 bits per heavy atom. The largest absolute Gasteiger partial charge is 0.357 e. The molecule has 84 valence electrons. The Bertz CT molecular complexity index is 416. The molecule has 3 heteroatoms. The van der Waals surface area contributed by atoms with Gasteiger partial charge in [0.15, 0.2) is 0 Å². The minimum atomic E-state index is 0.458. The molecule has 0 saturated carbocycles. The van der Waals surface area contributed by atoms with Crippen molar-refractivity contribution in [1.29, 1.82) is 0 Å². The van der Waals surface area contributed by atoms with Gasteiger partial charge < -0.3 is 10.2 Å². The standard InChI is InChI=1S/C13H16N2S/c16-13-9-14-8-12-11-6-2-1-4-10(11)5-3-7-15(12)13/h1-2,4,6,12,14H,3,5,7-9H2/t12-/m1/s1. The molecule has 1 aromatic rings. The molecular weight excluding hydrogens is 216 g/mol. The molecule has 1 N–H and O–H groups in total. The molecule has 2 aliphatic heterocycles. The summed E-state index contributed by atoms with van der Waals surface area (Å²) < 4.78 is 0. The van der Waals surface area contributed by atoms with E-state index in [4.69, 9.17) is 12.2 Å². The van der Waals surface area contributed by atoms with Gasteiger partial charge in [-0.05, 0) is 24.0 Å². The highest BCUT2D eigenvalue weighted by molar-refractivity contribution is 7.80. The quantitative estimate of drug-likeness (QED) is 0.688. The third-order valence-electron chi connectivity index (χ3n) is 3.57. The first kappa shape index (κ1) is 10.2. The zero-order valence-electron chi connectivity index (χ0n) is 9.28. The molecule has 0 aromatic heterocycles. The monoisotopic (exact) mass is 232 g/mol. The van der Waals surface area contributed by atoms with E-state index in [1.807, 2.05) is 0 Å². The smallest absolute Gasteiger partial charge is 0.0925 e. The van der Waals surface area contributed by atoms with E-state index in [9.17, 15) is 0 Å². The van der Waals surface area contributed by atoms with Crippen molar-refractivity contribution in [1.82, 2.24) is 10.2 Å². The number of hydrogen-bond acceptors (Lipinski definition) is 2. The van der Waals surface area contributed by atoms with Gasteiger partial charge in [-0.25, -0.2) is 0 Å². The predicted molar refractivity (Wildman–Crippen MR) is 69.7 cm³/mol. The Morgan fingerprint density at radius 3 is 3.12 bits per heavy atom. The van der Waals surface area contributed by atoms with Crippen LogP contribution in [0.15, 0.2) is 24.3 Å². The topological polar surface area (TPSA) is 15.3 Å². The third-order valence-corrected chi connectivity index (χ3v) is 3.95. The molecule has 3 rings (SSSR count). The first-order valence-electron chi connectivity index (χ1n) is 5.94. The van der Waals surface area contributed by atoms with Crippen LogP contribution in [0, 0.1) is 0 Å². The number of nitrogens with one attached hydrogen (secondary N) is 1. The van der Waals surface area contributed by atoms with Crippen LogP contribution >= 0.6 is 12.2 Å².